The molecule has 10 heteroatoms. The summed E-state index contributed by atoms with van der Waals surface area (Å²) >= 11 is 1.23. The number of aryl methyl sites for hydroxylation is 2. The molecule has 0 saturated carbocycles. The molecule has 1 saturated heterocycles. The van der Waals surface area contributed by atoms with Crippen LogP contribution in [-0.2, 0) is 4.74 Å². The molecule has 0 bridgehead atoms. The number of pyridine rings is 1. The van der Waals surface area contributed by atoms with Crippen molar-refractivity contribution in [2.75, 3.05) is 31.6 Å². The molecule has 2 aromatic heterocycles. The zero-order chi connectivity index (χ0) is 22.1. The van der Waals surface area contributed by atoms with E-state index in [1.165, 1.54) is 35.6 Å². The Bertz CT molecular complexity index is 1200. The highest BCUT2D eigenvalue weighted by Crippen LogP contribution is 2.38. The summed E-state index contributed by atoms with van der Waals surface area (Å²) < 4.78 is 5.34. The Hall–Kier alpha value is -3.37. The van der Waals surface area contributed by atoms with E-state index in [0.717, 1.165) is 11.3 Å². The molecule has 160 valence electrons. The monoisotopic (exact) mass is 440 g/mol. The van der Waals surface area contributed by atoms with Crippen LogP contribution in [0.4, 0.5) is 11.4 Å². The van der Waals surface area contributed by atoms with Crippen LogP contribution in [0, 0.1) is 24.0 Å². The van der Waals surface area contributed by atoms with Crippen LogP contribution in [0.15, 0.2) is 30.3 Å². The van der Waals surface area contributed by atoms with Crippen molar-refractivity contribution in [2.45, 2.75) is 13.8 Å². The third-order valence-corrected chi connectivity index (χ3v) is 6.11. The predicted molar refractivity (Wildman–Crippen MR) is 117 cm³/mol. The van der Waals surface area contributed by atoms with Crippen molar-refractivity contribution in [2.24, 2.45) is 0 Å². The number of fused-ring (bicyclic) bond motifs is 1. The summed E-state index contributed by atoms with van der Waals surface area (Å²) in [5, 5.41) is 14.6. The lowest BCUT2D eigenvalue weighted by molar-refractivity contribution is -0.384. The molecule has 1 aliphatic heterocycles. The van der Waals surface area contributed by atoms with Crippen LogP contribution in [0.25, 0.3) is 10.2 Å². The molecule has 3 aromatic rings. The van der Waals surface area contributed by atoms with Crippen molar-refractivity contribution < 1.29 is 19.2 Å². The number of ether oxygens (including phenoxy) is 1. The van der Waals surface area contributed by atoms with Crippen LogP contribution < -0.4 is 5.32 Å². The number of aromatic nitrogens is 1. The van der Waals surface area contributed by atoms with Gasteiger partial charge in [-0.3, -0.25) is 19.7 Å². The van der Waals surface area contributed by atoms with Gasteiger partial charge in [0, 0.05) is 41.9 Å². The minimum absolute atomic E-state index is 0.135. The molecule has 0 aliphatic carbocycles. The Morgan fingerprint density at radius 3 is 2.68 bits per heavy atom. The summed E-state index contributed by atoms with van der Waals surface area (Å²) in [6.45, 7) is 5.63. The van der Waals surface area contributed by atoms with E-state index in [0.29, 0.717) is 47.1 Å². The Morgan fingerprint density at radius 1 is 1.23 bits per heavy atom. The molecule has 0 spiro atoms. The van der Waals surface area contributed by atoms with Crippen molar-refractivity contribution >= 4 is 44.7 Å². The number of nitrogens with one attached hydrogen (secondary N) is 1. The predicted octanol–water partition coefficient (Wildman–Crippen LogP) is 3.55. The van der Waals surface area contributed by atoms with E-state index in [1.807, 2.05) is 19.9 Å². The highest BCUT2D eigenvalue weighted by molar-refractivity contribution is 7.21. The average Bonchev–Trinajstić information content (AvgIpc) is 3.12. The molecule has 1 fully saturated rings. The Labute approximate surface area is 181 Å². The molecule has 31 heavy (non-hydrogen) atoms. The van der Waals surface area contributed by atoms with Gasteiger partial charge in [0.25, 0.3) is 17.5 Å². The van der Waals surface area contributed by atoms with Gasteiger partial charge in [-0.15, -0.1) is 11.3 Å². The second kappa shape index (κ2) is 8.40. The maximum atomic E-state index is 13.3. The number of thiophene rings is 1. The molecule has 0 radical (unpaired) electrons. The molecule has 0 atom stereocenters. The molecule has 2 amide bonds. The van der Waals surface area contributed by atoms with Gasteiger partial charge in [0.2, 0.25) is 0 Å². The fourth-order valence-corrected chi connectivity index (χ4v) is 4.79. The van der Waals surface area contributed by atoms with Gasteiger partial charge in [-0.05, 0) is 31.5 Å². The van der Waals surface area contributed by atoms with Gasteiger partial charge in [-0.2, -0.15) is 0 Å². The number of carbonyl (C=O) groups excluding carboxylic acids is 2. The first-order chi connectivity index (χ1) is 14.8. The Balaban J connectivity index is 1.77. The highest BCUT2D eigenvalue weighted by atomic mass is 32.1. The number of morpholine rings is 1. The molecular formula is C21H20N4O5S. The lowest BCUT2D eigenvalue weighted by atomic mass is 10.1. The van der Waals surface area contributed by atoms with Crippen LogP contribution in [0.2, 0.25) is 0 Å². The second-order valence-corrected chi connectivity index (χ2v) is 8.23. The number of nitro benzene ring substituents is 1. The molecule has 3 heterocycles. The van der Waals surface area contributed by atoms with Crippen LogP contribution in [0.3, 0.4) is 0 Å². The first kappa shape index (κ1) is 20.9. The van der Waals surface area contributed by atoms with Gasteiger partial charge in [0.05, 0.1) is 23.8 Å². The van der Waals surface area contributed by atoms with E-state index in [9.17, 15) is 19.7 Å². The number of anilines is 1. The molecule has 9 nitrogen and oxygen atoms in total. The summed E-state index contributed by atoms with van der Waals surface area (Å²) in [6.07, 6.45) is 0. The topological polar surface area (TPSA) is 115 Å². The van der Waals surface area contributed by atoms with Gasteiger partial charge in [0.15, 0.2) is 0 Å². The Morgan fingerprint density at radius 2 is 1.97 bits per heavy atom. The van der Waals surface area contributed by atoms with Crippen LogP contribution in [-0.4, -0.2) is 52.9 Å². The highest BCUT2D eigenvalue weighted by Gasteiger charge is 2.27. The summed E-state index contributed by atoms with van der Waals surface area (Å²) in [7, 11) is 0. The summed E-state index contributed by atoms with van der Waals surface area (Å²) in [6, 6.07) is 7.37. The van der Waals surface area contributed by atoms with Crippen LogP contribution in [0.1, 0.15) is 31.3 Å². The van der Waals surface area contributed by atoms with Crippen LogP contribution in [0.5, 0.6) is 0 Å². The molecular weight excluding hydrogens is 420 g/mol. The maximum absolute atomic E-state index is 13.3. The average molecular weight is 440 g/mol. The number of nitro groups is 1. The first-order valence-corrected chi connectivity index (χ1v) is 10.5. The molecule has 1 aromatic carbocycles. The van der Waals surface area contributed by atoms with E-state index in [-0.39, 0.29) is 17.2 Å². The number of nitrogens with zero attached hydrogens (tertiary/aromatic N) is 3. The van der Waals surface area contributed by atoms with Crippen LogP contribution >= 0.6 is 11.3 Å². The van der Waals surface area contributed by atoms with E-state index in [4.69, 9.17) is 4.74 Å². The summed E-state index contributed by atoms with van der Waals surface area (Å²) in [4.78, 5) is 44.0. The van der Waals surface area contributed by atoms with Gasteiger partial charge in [0.1, 0.15) is 9.71 Å². The third-order valence-electron chi connectivity index (χ3n) is 5.04. The number of rotatable bonds is 4. The fraction of sp³-hybridized carbons (Fsp3) is 0.286. The minimum atomic E-state index is -0.555. The number of amides is 2. The molecule has 1 aliphatic rings. The number of non-ortho nitro benzene ring substituents is 1. The fourth-order valence-electron chi connectivity index (χ4n) is 3.57. The maximum Gasteiger partial charge on any atom is 0.270 e. The van der Waals surface area contributed by atoms with Gasteiger partial charge >= 0.3 is 0 Å². The van der Waals surface area contributed by atoms with E-state index in [2.05, 4.69) is 10.3 Å². The largest absolute Gasteiger partial charge is 0.378 e. The van der Waals surface area contributed by atoms with Crippen molar-refractivity contribution in [1.29, 1.82) is 0 Å². The van der Waals surface area contributed by atoms with Gasteiger partial charge in [-0.25, -0.2) is 4.98 Å². The smallest absolute Gasteiger partial charge is 0.270 e. The van der Waals surface area contributed by atoms with Crippen molar-refractivity contribution in [3.63, 3.8) is 0 Å². The Kier molecular flexibility index (Phi) is 5.66. The normalized spacial score (nSPS) is 13.9. The molecule has 4 rings (SSSR count). The van der Waals surface area contributed by atoms with Crippen molar-refractivity contribution in [3.8, 4) is 0 Å². The lowest BCUT2D eigenvalue weighted by Crippen LogP contribution is -2.40. The second-order valence-electron chi connectivity index (χ2n) is 7.23. The van der Waals surface area contributed by atoms with E-state index < -0.39 is 10.8 Å². The third kappa shape index (κ3) is 4.12. The number of hydrogen-bond acceptors (Lipinski definition) is 7. The number of benzene rings is 1. The summed E-state index contributed by atoms with van der Waals surface area (Å²) in [5.74, 6) is -0.725. The zero-order valence-electron chi connectivity index (χ0n) is 17.0. The van der Waals surface area contributed by atoms with Gasteiger partial charge in [-0.1, -0.05) is 6.07 Å². The van der Waals surface area contributed by atoms with Crippen molar-refractivity contribution in [1.82, 2.24) is 9.88 Å². The minimum Gasteiger partial charge on any atom is -0.378 e. The standard InChI is InChI=1S/C21H20N4O5S/c1-12-10-13(2)22-20-16(12)17(18(31-20)21(27)24-6-8-30-9-7-24)23-19(26)14-4-3-5-15(11-14)25(28)29/h3-5,10-11H,6-9H2,1-2H3,(H,23,26). The van der Waals surface area contributed by atoms with Gasteiger partial charge < -0.3 is 15.0 Å². The van der Waals surface area contributed by atoms with E-state index >= 15 is 0 Å². The molecule has 1 N–H and O–H groups in total. The zero-order valence-corrected chi connectivity index (χ0v) is 17.8. The quantitative estimate of drug-likeness (QED) is 0.490. The lowest BCUT2D eigenvalue weighted by Gasteiger charge is -2.26. The first-order valence-electron chi connectivity index (χ1n) is 9.68. The summed E-state index contributed by atoms with van der Waals surface area (Å²) in [5.41, 5.74) is 2.04. The number of hydrogen-bond donors (Lipinski definition) is 1. The SMILES string of the molecule is Cc1cc(C)c2c(NC(=O)c3cccc([N+](=O)[O-])c3)c(C(=O)N3CCOCC3)sc2n1. The molecule has 0 unspecified atom stereocenters. The van der Waals surface area contributed by atoms with Crippen molar-refractivity contribution in [3.05, 3.63) is 62.1 Å². The number of carbonyl (C=O) groups is 2. The van der Waals surface area contributed by atoms with E-state index in [1.54, 1.807) is 4.90 Å².